The molecule has 1 atom stereocenters. The minimum Gasteiger partial charge on any atom is -0.448 e. The summed E-state index contributed by atoms with van der Waals surface area (Å²) in [5, 5.41) is 9.99. The van der Waals surface area contributed by atoms with Gasteiger partial charge in [0.05, 0.1) is 17.6 Å². The minimum atomic E-state index is -0.633. The number of hydrogen-bond acceptors (Lipinski definition) is 4. The molecular formula is C16H19N3O2. The first-order chi connectivity index (χ1) is 10.1. The topological polar surface area (TPSA) is 64.1 Å². The summed E-state index contributed by atoms with van der Waals surface area (Å²) in [5.41, 5.74) is 2.75. The van der Waals surface area contributed by atoms with Crippen molar-refractivity contribution >= 4 is 11.0 Å². The van der Waals surface area contributed by atoms with Crippen LogP contribution in [0.5, 0.6) is 0 Å². The molecule has 2 aromatic heterocycles. The van der Waals surface area contributed by atoms with Gasteiger partial charge in [-0.2, -0.15) is 0 Å². The number of hydrogen-bond donors (Lipinski definition) is 1. The van der Waals surface area contributed by atoms with Crippen LogP contribution in [0, 0.1) is 0 Å². The highest BCUT2D eigenvalue weighted by Crippen LogP contribution is 2.24. The van der Waals surface area contributed by atoms with E-state index in [0.29, 0.717) is 12.4 Å². The Morgan fingerprint density at radius 1 is 1.24 bits per heavy atom. The van der Waals surface area contributed by atoms with E-state index in [1.165, 1.54) is 6.39 Å². The summed E-state index contributed by atoms with van der Waals surface area (Å²) in [4.78, 5) is 8.84. The number of aliphatic hydroxyl groups excluding tert-OH is 1. The van der Waals surface area contributed by atoms with Crippen LogP contribution in [0.4, 0.5) is 0 Å². The second kappa shape index (κ2) is 5.33. The second-order valence-electron chi connectivity index (χ2n) is 5.54. The average Bonchev–Trinajstić information content (AvgIpc) is 3.04. The summed E-state index contributed by atoms with van der Waals surface area (Å²) in [6, 6.07) is 7.87. The van der Waals surface area contributed by atoms with E-state index in [9.17, 15) is 5.11 Å². The van der Waals surface area contributed by atoms with Crippen LogP contribution >= 0.6 is 0 Å². The molecule has 0 spiro atoms. The van der Waals surface area contributed by atoms with Crippen LogP contribution in [-0.2, 0) is 6.54 Å². The number of fused-ring (bicyclic) bond motifs is 1. The van der Waals surface area contributed by atoms with Crippen LogP contribution in [0.25, 0.3) is 11.0 Å². The van der Waals surface area contributed by atoms with Gasteiger partial charge in [-0.1, -0.05) is 26.0 Å². The fraction of sp³-hybridized carbons (Fsp3) is 0.375. The zero-order valence-electron chi connectivity index (χ0n) is 12.4. The second-order valence-corrected chi connectivity index (χ2v) is 5.54. The Morgan fingerprint density at radius 3 is 2.71 bits per heavy atom. The lowest BCUT2D eigenvalue weighted by atomic mass is 10.1. The quantitative estimate of drug-likeness (QED) is 0.799. The third-order valence-corrected chi connectivity index (χ3v) is 3.56. The summed E-state index contributed by atoms with van der Waals surface area (Å²) in [7, 11) is 0. The number of benzene rings is 1. The summed E-state index contributed by atoms with van der Waals surface area (Å²) in [5.74, 6) is 1.80. The Morgan fingerprint density at radius 2 is 2.00 bits per heavy atom. The number of imidazole rings is 1. The monoisotopic (exact) mass is 285 g/mol. The Labute approximate surface area is 123 Å². The summed E-state index contributed by atoms with van der Waals surface area (Å²) < 4.78 is 7.48. The standard InChI is InChI=1S/C16H19N3O2/c1-10(2)15-13(17-9-21-15)8-19-14-7-5-4-6-12(14)18-16(19)11(3)20/h4-7,9-11,20H,8H2,1-3H3/t11-/m1/s1. The highest BCUT2D eigenvalue weighted by atomic mass is 16.3. The van der Waals surface area contributed by atoms with Gasteiger partial charge in [0.2, 0.25) is 0 Å². The highest BCUT2D eigenvalue weighted by molar-refractivity contribution is 5.76. The molecule has 0 aliphatic carbocycles. The molecule has 1 aromatic carbocycles. The van der Waals surface area contributed by atoms with E-state index in [1.807, 2.05) is 28.8 Å². The van der Waals surface area contributed by atoms with Gasteiger partial charge in [0.25, 0.3) is 0 Å². The lowest BCUT2D eigenvalue weighted by molar-refractivity contribution is 0.185. The number of oxazole rings is 1. The van der Waals surface area contributed by atoms with Gasteiger partial charge in [-0.15, -0.1) is 0 Å². The molecule has 21 heavy (non-hydrogen) atoms. The third kappa shape index (κ3) is 2.45. The zero-order valence-corrected chi connectivity index (χ0v) is 12.4. The minimum absolute atomic E-state index is 0.271. The van der Waals surface area contributed by atoms with Crippen LogP contribution in [0.1, 0.15) is 50.1 Å². The fourth-order valence-corrected chi connectivity index (χ4v) is 2.60. The lowest BCUT2D eigenvalue weighted by Gasteiger charge is -2.11. The van der Waals surface area contributed by atoms with E-state index in [1.54, 1.807) is 6.92 Å². The summed E-state index contributed by atoms with van der Waals surface area (Å²) >= 11 is 0. The third-order valence-electron chi connectivity index (χ3n) is 3.56. The SMILES string of the molecule is CC(C)c1ocnc1Cn1c([C@@H](C)O)nc2ccccc21. The molecule has 110 valence electrons. The van der Waals surface area contributed by atoms with Crippen LogP contribution < -0.4 is 0 Å². The van der Waals surface area contributed by atoms with Gasteiger partial charge in [-0.25, -0.2) is 9.97 Å². The van der Waals surface area contributed by atoms with Crippen molar-refractivity contribution in [3.63, 3.8) is 0 Å². The predicted molar refractivity (Wildman–Crippen MR) is 80.1 cm³/mol. The van der Waals surface area contributed by atoms with E-state index in [-0.39, 0.29) is 5.92 Å². The molecule has 2 heterocycles. The van der Waals surface area contributed by atoms with Crippen LogP contribution in [0.2, 0.25) is 0 Å². The van der Waals surface area contributed by atoms with Crippen molar-refractivity contribution in [2.24, 2.45) is 0 Å². The number of nitrogens with zero attached hydrogens (tertiary/aromatic N) is 3. The smallest absolute Gasteiger partial charge is 0.181 e. The number of aliphatic hydroxyl groups is 1. The fourth-order valence-electron chi connectivity index (χ4n) is 2.60. The molecule has 0 amide bonds. The molecule has 0 saturated carbocycles. The largest absolute Gasteiger partial charge is 0.448 e. The van der Waals surface area contributed by atoms with E-state index in [4.69, 9.17) is 4.42 Å². The molecule has 0 unspecified atom stereocenters. The van der Waals surface area contributed by atoms with Gasteiger partial charge in [-0.05, 0) is 19.1 Å². The Bertz CT molecular complexity index is 756. The first-order valence-electron chi connectivity index (χ1n) is 7.13. The molecule has 0 radical (unpaired) electrons. The normalized spacial score (nSPS) is 13.2. The number of para-hydroxylation sites is 2. The van der Waals surface area contributed by atoms with Crippen molar-refractivity contribution in [2.75, 3.05) is 0 Å². The highest BCUT2D eigenvalue weighted by Gasteiger charge is 2.18. The van der Waals surface area contributed by atoms with E-state index >= 15 is 0 Å². The molecule has 1 N–H and O–H groups in total. The van der Waals surface area contributed by atoms with Gasteiger partial charge >= 0.3 is 0 Å². The summed E-state index contributed by atoms with van der Waals surface area (Å²) in [6.45, 7) is 6.42. The lowest BCUT2D eigenvalue weighted by Crippen LogP contribution is -2.09. The van der Waals surface area contributed by atoms with E-state index in [0.717, 1.165) is 22.5 Å². The van der Waals surface area contributed by atoms with Crippen LogP contribution in [0.15, 0.2) is 35.1 Å². The number of aromatic nitrogens is 3. The molecular weight excluding hydrogens is 266 g/mol. The maximum Gasteiger partial charge on any atom is 0.181 e. The van der Waals surface area contributed by atoms with Gasteiger partial charge in [0, 0.05) is 5.92 Å². The first kappa shape index (κ1) is 13.8. The maximum absolute atomic E-state index is 9.99. The first-order valence-corrected chi connectivity index (χ1v) is 7.13. The maximum atomic E-state index is 9.99. The van der Waals surface area contributed by atoms with E-state index in [2.05, 4.69) is 23.8 Å². The Hall–Kier alpha value is -2.14. The molecule has 0 aliphatic rings. The van der Waals surface area contributed by atoms with Gasteiger partial charge in [0.1, 0.15) is 23.4 Å². The molecule has 0 aliphatic heterocycles. The molecule has 0 bridgehead atoms. The number of rotatable bonds is 4. The zero-order chi connectivity index (χ0) is 15.0. The average molecular weight is 285 g/mol. The van der Waals surface area contributed by atoms with Crippen LogP contribution in [0.3, 0.4) is 0 Å². The molecule has 0 fully saturated rings. The Balaban J connectivity index is 2.10. The van der Waals surface area contributed by atoms with Crippen molar-refractivity contribution < 1.29 is 9.52 Å². The van der Waals surface area contributed by atoms with Crippen molar-refractivity contribution in [1.29, 1.82) is 0 Å². The van der Waals surface area contributed by atoms with Crippen molar-refractivity contribution in [3.05, 3.63) is 47.9 Å². The molecule has 5 nitrogen and oxygen atoms in total. The van der Waals surface area contributed by atoms with Gasteiger partial charge in [0.15, 0.2) is 6.39 Å². The summed E-state index contributed by atoms with van der Waals surface area (Å²) in [6.07, 6.45) is 0.845. The van der Waals surface area contributed by atoms with Crippen molar-refractivity contribution in [1.82, 2.24) is 14.5 Å². The predicted octanol–water partition coefficient (Wildman–Crippen LogP) is 3.25. The molecule has 3 aromatic rings. The van der Waals surface area contributed by atoms with Crippen molar-refractivity contribution in [3.8, 4) is 0 Å². The van der Waals surface area contributed by atoms with Crippen LogP contribution in [-0.4, -0.2) is 19.6 Å². The molecule has 5 heteroatoms. The molecule has 3 rings (SSSR count). The van der Waals surface area contributed by atoms with Gasteiger partial charge < -0.3 is 14.1 Å². The van der Waals surface area contributed by atoms with Gasteiger partial charge in [-0.3, -0.25) is 0 Å². The van der Waals surface area contributed by atoms with Crippen molar-refractivity contribution in [2.45, 2.75) is 39.3 Å². The molecule has 0 saturated heterocycles. The Kier molecular flexibility index (Phi) is 3.51. The van der Waals surface area contributed by atoms with E-state index < -0.39 is 6.10 Å².